The molecule has 1 aromatic rings. The van der Waals surface area contributed by atoms with E-state index in [2.05, 4.69) is 15.3 Å². The fraction of sp³-hybridized carbons (Fsp3) is 0.222. The summed E-state index contributed by atoms with van der Waals surface area (Å²) < 4.78 is 37.1. The van der Waals surface area contributed by atoms with E-state index in [4.69, 9.17) is 5.26 Å². The van der Waals surface area contributed by atoms with Crippen molar-refractivity contribution in [3.8, 4) is 6.19 Å². The van der Waals surface area contributed by atoms with Crippen LogP contribution in [0.2, 0.25) is 0 Å². The van der Waals surface area contributed by atoms with E-state index >= 15 is 0 Å². The summed E-state index contributed by atoms with van der Waals surface area (Å²) in [5.41, 5.74) is -1.02. The lowest BCUT2D eigenvalue weighted by atomic mass is 10.3. The van der Waals surface area contributed by atoms with Gasteiger partial charge in [-0.05, 0) is 18.4 Å². The molecule has 0 saturated heterocycles. The number of rotatable bonds is 1. The van der Waals surface area contributed by atoms with E-state index in [0.29, 0.717) is 0 Å². The fourth-order valence-electron chi connectivity index (χ4n) is 0.920. The molecule has 0 unspecified atom stereocenters. The highest BCUT2D eigenvalue weighted by Gasteiger charge is 2.32. The van der Waals surface area contributed by atoms with E-state index < -0.39 is 11.9 Å². The minimum Gasteiger partial charge on any atom is -0.271 e. The Kier molecular flexibility index (Phi) is 4.34. The molecule has 1 rings (SSSR count). The molecule has 0 aromatic carbocycles. The van der Waals surface area contributed by atoms with Crippen molar-refractivity contribution < 1.29 is 13.2 Å². The Balaban J connectivity index is 3.04. The van der Waals surface area contributed by atoms with Crippen LogP contribution < -0.4 is 5.32 Å². The minimum atomic E-state index is -4.51. The van der Waals surface area contributed by atoms with Crippen LogP contribution >= 0.6 is 11.8 Å². The monoisotopic (exact) mass is 260 g/mol. The molecule has 0 radical (unpaired) electrons. The van der Waals surface area contributed by atoms with Gasteiger partial charge in [-0.1, -0.05) is 17.8 Å². The molecule has 17 heavy (non-hydrogen) atoms. The topological polar surface area (TPSA) is 61.1 Å². The molecule has 0 spiro atoms. The normalized spacial score (nSPS) is 12.1. The first-order valence-electron chi connectivity index (χ1n) is 4.29. The van der Waals surface area contributed by atoms with Crippen LogP contribution in [-0.2, 0) is 6.18 Å². The molecule has 1 aromatic heterocycles. The van der Waals surface area contributed by atoms with Crippen LogP contribution in [0.3, 0.4) is 0 Å². The number of halogens is 3. The summed E-state index contributed by atoms with van der Waals surface area (Å²) in [6.45, 7) is 0. The van der Waals surface area contributed by atoms with Crippen molar-refractivity contribution in [3.63, 3.8) is 0 Å². The molecule has 0 amide bonds. The van der Waals surface area contributed by atoms with Gasteiger partial charge in [0.25, 0.3) is 0 Å². The molecule has 0 saturated carbocycles. The second kappa shape index (κ2) is 5.54. The van der Waals surface area contributed by atoms with Crippen LogP contribution in [0.4, 0.5) is 19.0 Å². The fourth-order valence-corrected chi connectivity index (χ4v) is 1.25. The van der Waals surface area contributed by atoms with Gasteiger partial charge in [0.05, 0.1) is 0 Å². The lowest BCUT2D eigenvalue weighted by Gasteiger charge is -2.05. The number of aromatic nitrogens is 1. The maximum atomic E-state index is 12.4. The predicted octanol–water partition coefficient (Wildman–Crippen LogP) is 2.52. The Hall–Kier alpha value is -1.75. The smallest absolute Gasteiger partial charge is 0.271 e. The maximum absolute atomic E-state index is 12.4. The molecule has 1 heterocycles. The standard InChI is InChI=1S/C9H7F3N4S/c1-17-8(14-5-13)16-7-4-2-3-6(15-7)9(10,11)12/h2-4H,1H3,(H,14,15,16). The Morgan fingerprint density at radius 2 is 2.24 bits per heavy atom. The first-order valence-corrected chi connectivity index (χ1v) is 5.52. The lowest BCUT2D eigenvalue weighted by Crippen LogP contribution is -2.13. The van der Waals surface area contributed by atoms with Crippen molar-refractivity contribution in [1.29, 1.82) is 5.26 Å². The molecule has 0 atom stereocenters. The number of nitrogens with one attached hydrogen (secondary N) is 1. The van der Waals surface area contributed by atoms with Crippen LogP contribution in [0.15, 0.2) is 23.2 Å². The number of nitrogens with zero attached hydrogens (tertiary/aromatic N) is 3. The zero-order chi connectivity index (χ0) is 12.9. The first kappa shape index (κ1) is 13.3. The van der Waals surface area contributed by atoms with E-state index in [0.717, 1.165) is 17.8 Å². The number of pyridine rings is 1. The number of hydrogen-bond donors (Lipinski definition) is 1. The number of alkyl halides is 3. The van der Waals surface area contributed by atoms with Gasteiger partial charge in [0.2, 0.25) is 0 Å². The van der Waals surface area contributed by atoms with Gasteiger partial charge in [-0.25, -0.2) is 9.98 Å². The summed E-state index contributed by atoms with van der Waals surface area (Å²) in [4.78, 5) is 7.11. The Labute approximate surface area is 99.6 Å². The summed E-state index contributed by atoms with van der Waals surface area (Å²) in [6.07, 6.45) is -1.24. The molecule has 1 N–H and O–H groups in total. The molecular weight excluding hydrogens is 253 g/mol. The number of aliphatic imine (C=N–C) groups is 1. The molecule has 8 heteroatoms. The zero-order valence-electron chi connectivity index (χ0n) is 8.62. The van der Waals surface area contributed by atoms with E-state index in [9.17, 15) is 13.2 Å². The quantitative estimate of drug-likeness (QED) is 0.365. The third-order valence-electron chi connectivity index (χ3n) is 1.60. The van der Waals surface area contributed by atoms with E-state index in [1.807, 2.05) is 0 Å². The van der Waals surface area contributed by atoms with Gasteiger partial charge in [-0.3, -0.25) is 5.32 Å². The van der Waals surface area contributed by atoms with Gasteiger partial charge < -0.3 is 0 Å². The van der Waals surface area contributed by atoms with Crippen molar-refractivity contribution >= 4 is 22.7 Å². The van der Waals surface area contributed by atoms with Crippen LogP contribution in [-0.4, -0.2) is 16.4 Å². The van der Waals surface area contributed by atoms with Crippen LogP contribution in [0.5, 0.6) is 0 Å². The van der Waals surface area contributed by atoms with Crippen LogP contribution in [0, 0.1) is 11.5 Å². The average Bonchev–Trinajstić information content (AvgIpc) is 2.28. The molecule has 0 aliphatic heterocycles. The van der Waals surface area contributed by atoms with Gasteiger partial charge in [-0.15, -0.1) is 0 Å². The van der Waals surface area contributed by atoms with Crippen LogP contribution in [0.25, 0.3) is 0 Å². The number of hydrogen-bond acceptors (Lipinski definition) is 4. The SMILES string of the molecule is CSC(=Nc1cccc(C(F)(F)F)n1)NC#N. The number of thioether (sulfide) groups is 1. The third kappa shape index (κ3) is 3.96. The summed E-state index contributed by atoms with van der Waals surface area (Å²) in [6, 6.07) is 3.39. The Morgan fingerprint density at radius 3 is 2.76 bits per heavy atom. The average molecular weight is 260 g/mol. The minimum absolute atomic E-state index is 0.105. The van der Waals surface area contributed by atoms with Crippen molar-refractivity contribution in [2.24, 2.45) is 4.99 Å². The summed E-state index contributed by atoms with van der Waals surface area (Å²) >= 11 is 1.10. The summed E-state index contributed by atoms with van der Waals surface area (Å²) in [5, 5.41) is 10.8. The van der Waals surface area contributed by atoms with Crippen LogP contribution in [0.1, 0.15) is 5.69 Å². The van der Waals surface area contributed by atoms with Gasteiger partial charge in [0.1, 0.15) is 5.69 Å². The molecule has 4 nitrogen and oxygen atoms in total. The predicted molar refractivity (Wildman–Crippen MR) is 58.6 cm³/mol. The summed E-state index contributed by atoms with van der Waals surface area (Å²) in [5.74, 6) is -0.105. The van der Waals surface area contributed by atoms with E-state index in [-0.39, 0.29) is 11.0 Å². The van der Waals surface area contributed by atoms with E-state index in [1.165, 1.54) is 12.1 Å². The second-order valence-corrected chi connectivity index (χ2v) is 3.53. The van der Waals surface area contributed by atoms with Crippen molar-refractivity contribution in [3.05, 3.63) is 23.9 Å². The molecular formula is C9H7F3N4S. The third-order valence-corrected chi connectivity index (χ3v) is 2.18. The number of nitriles is 1. The number of amidine groups is 1. The molecule has 0 aliphatic carbocycles. The van der Waals surface area contributed by atoms with Crippen molar-refractivity contribution in [2.75, 3.05) is 6.26 Å². The first-order chi connectivity index (χ1) is 7.97. The highest BCUT2D eigenvalue weighted by Crippen LogP contribution is 2.28. The molecule has 0 fully saturated rings. The molecule has 90 valence electrons. The zero-order valence-corrected chi connectivity index (χ0v) is 9.43. The largest absolute Gasteiger partial charge is 0.433 e. The van der Waals surface area contributed by atoms with Crippen molar-refractivity contribution in [2.45, 2.75) is 6.18 Å². The molecule has 0 bridgehead atoms. The maximum Gasteiger partial charge on any atom is 0.433 e. The Morgan fingerprint density at radius 1 is 1.53 bits per heavy atom. The molecule has 0 aliphatic rings. The van der Waals surface area contributed by atoms with E-state index in [1.54, 1.807) is 12.4 Å². The van der Waals surface area contributed by atoms with Gasteiger partial charge >= 0.3 is 6.18 Å². The lowest BCUT2D eigenvalue weighted by molar-refractivity contribution is -0.141. The highest BCUT2D eigenvalue weighted by atomic mass is 32.2. The van der Waals surface area contributed by atoms with Gasteiger partial charge in [0, 0.05) is 0 Å². The highest BCUT2D eigenvalue weighted by molar-refractivity contribution is 8.13. The second-order valence-electron chi connectivity index (χ2n) is 2.74. The van der Waals surface area contributed by atoms with Crippen molar-refractivity contribution in [1.82, 2.24) is 10.3 Å². The Bertz CT molecular complexity index is 464. The van der Waals surface area contributed by atoms with Gasteiger partial charge in [0.15, 0.2) is 17.2 Å². The van der Waals surface area contributed by atoms with Gasteiger partial charge in [-0.2, -0.15) is 18.4 Å². The summed E-state index contributed by atoms with van der Waals surface area (Å²) in [7, 11) is 0.